The van der Waals surface area contributed by atoms with Gasteiger partial charge in [0.15, 0.2) is 17.0 Å². The summed E-state index contributed by atoms with van der Waals surface area (Å²) in [6, 6.07) is 38.0. The van der Waals surface area contributed by atoms with Crippen LogP contribution in [0, 0.1) is 11.3 Å². The molecule has 5 aromatic rings. The molecule has 0 radical (unpaired) electrons. The Labute approximate surface area is 330 Å². The van der Waals surface area contributed by atoms with E-state index in [0.29, 0.717) is 28.1 Å². The number of carbonyl (C=O) groups excluding carboxylic acids is 4. The average molecular weight is 757 g/mol. The first-order valence-corrected chi connectivity index (χ1v) is 19.4. The van der Waals surface area contributed by atoms with E-state index in [2.05, 4.69) is 17.1 Å². The number of ketones is 2. The summed E-state index contributed by atoms with van der Waals surface area (Å²) in [5, 5.41) is 0. The van der Waals surface area contributed by atoms with E-state index in [-0.39, 0.29) is 11.6 Å². The number of nitrogens with zero attached hydrogens (tertiary/aromatic N) is 2. The molecule has 10 rings (SSSR count). The van der Waals surface area contributed by atoms with Crippen molar-refractivity contribution in [3.05, 3.63) is 167 Å². The molecular weight excluding hydrogens is 717 g/mol. The van der Waals surface area contributed by atoms with Crippen molar-refractivity contribution < 1.29 is 33.4 Å². The van der Waals surface area contributed by atoms with Crippen LogP contribution in [0.25, 0.3) is 6.08 Å². The van der Waals surface area contributed by atoms with Crippen molar-refractivity contribution in [3.8, 4) is 5.75 Å². The molecule has 0 amide bonds. The summed E-state index contributed by atoms with van der Waals surface area (Å²) in [6.45, 7) is 3.09. The number of Topliss-reactive ketones (excluding diaryl/α,β-unsaturated/α-hetero) is 2. The largest absolute Gasteiger partial charge is 0.497 e. The van der Waals surface area contributed by atoms with Crippen LogP contribution >= 0.6 is 0 Å². The Bertz CT molecular complexity index is 2460. The van der Waals surface area contributed by atoms with Gasteiger partial charge in [0, 0.05) is 54.1 Å². The highest BCUT2D eigenvalue weighted by Gasteiger charge is 2.79. The van der Waals surface area contributed by atoms with E-state index in [1.54, 1.807) is 45.2 Å². The molecule has 0 saturated carbocycles. The van der Waals surface area contributed by atoms with Gasteiger partial charge in [0.1, 0.15) is 17.8 Å². The minimum Gasteiger partial charge on any atom is -0.497 e. The molecule has 0 N–H and O–H groups in total. The van der Waals surface area contributed by atoms with Gasteiger partial charge >= 0.3 is 11.9 Å². The normalized spacial score (nSPS) is 27.0. The number of cyclic esters (lactones) is 2. The second kappa shape index (κ2) is 12.8. The summed E-state index contributed by atoms with van der Waals surface area (Å²) in [4.78, 5) is 65.7. The molecule has 5 heterocycles. The predicted octanol–water partition coefficient (Wildman–Crippen LogP) is 7.62. The smallest absolute Gasteiger partial charge is 0.329 e. The first-order chi connectivity index (χ1) is 27.7. The molecule has 0 aromatic heterocycles. The third-order valence-corrected chi connectivity index (χ3v) is 12.8. The molecule has 9 heteroatoms. The first kappa shape index (κ1) is 35.0. The van der Waals surface area contributed by atoms with Gasteiger partial charge in [0.25, 0.3) is 5.79 Å². The number of hydrogen-bond acceptors (Lipinski definition) is 9. The summed E-state index contributed by atoms with van der Waals surface area (Å²) < 4.78 is 17.9. The fourth-order valence-electron chi connectivity index (χ4n) is 10.7. The molecule has 3 fully saturated rings. The highest BCUT2D eigenvalue weighted by molar-refractivity contribution is 6.12. The first-order valence-electron chi connectivity index (χ1n) is 19.4. The Balaban J connectivity index is 1.30. The zero-order chi connectivity index (χ0) is 39.2. The zero-order valence-electron chi connectivity index (χ0n) is 31.7. The number of ether oxygens (including phenoxy) is 3. The second-order valence-corrected chi connectivity index (χ2v) is 16.0. The Morgan fingerprint density at radius 3 is 1.84 bits per heavy atom. The van der Waals surface area contributed by atoms with Crippen LogP contribution in [-0.4, -0.2) is 60.6 Å². The topological polar surface area (TPSA) is 102 Å². The van der Waals surface area contributed by atoms with Crippen LogP contribution in [-0.2, 0) is 19.1 Å². The van der Waals surface area contributed by atoms with Gasteiger partial charge in [0.2, 0.25) is 0 Å². The van der Waals surface area contributed by atoms with Gasteiger partial charge in [-0.1, -0.05) is 121 Å². The van der Waals surface area contributed by atoms with Gasteiger partial charge in [-0.2, -0.15) is 0 Å². The van der Waals surface area contributed by atoms with Crippen LogP contribution in [0.2, 0.25) is 0 Å². The molecular formula is C48H40N2O7. The van der Waals surface area contributed by atoms with E-state index in [9.17, 15) is 0 Å². The molecule has 9 nitrogen and oxygen atoms in total. The van der Waals surface area contributed by atoms with Gasteiger partial charge in [0.05, 0.1) is 19.2 Å². The van der Waals surface area contributed by atoms with Crippen molar-refractivity contribution in [2.45, 2.75) is 55.6 Å². The van der Waals surface area contributed by atoms with E-state index in [4.69, 9.17) is 14.2 Å². The number of benzene rings is 5. The third-order valence-electron chi connectivity index (χ3n) is 12.8. The number of rotatable bonds is 6. The molecule has 57 heavy (non-hydrogen) atoms. The number of hydrogen-bond donors (Lipinski definition) is 0. The summed E-state index contributed by atoms with van der Waals surface area (Å²) in [6.07, 6.45) is 4.15. The molecule has 0 bridgehead atoms. The molecule has 0 aliphatic carbocycles. The van der Waals surface area contributed by atoms with Crippen molar-refractivity contribution in [1.82, 2.24) is 0 Å². The number of anilines is 2. The lowest BCUT2D eigenvalue weighted by Crippen LogP contribution is -2.64. The average Bonchev–Trinajstić information content (AvgIpc) is 3.75. The molecule has 3 saturated heterocycles. The summed E-state index contributed by atoms with van der Waals surface area (Å²) >= 11 is 0. The summed E-state index contributed by atoms with van der Waals surface area (Å²) in [7, 11) is 1.57. The van der Waals surface area contributed by atoms with E-state index < -0.39 is 65.1 Å². The van der Waals surface area contributed by atoms with Crippen molar-refractivity contribution in [2.75, 3.05) is 16.9 Å². The molecule has 5 aliphatic heterocycles. The highest BCUT2D eigenvalue weighted by Crippen LogP contribution is 2.67. The second-order valence-electron chi connectivity index (χ2n) is 16.0. The number of para-hydroxylation sites is 2. The van der Waals surface area contributed by atoms with Crippen LogP contribution in [0.4, 0.5) is 11.4 Å². The third kappa shape index (κ3) is 4.94. The fourth-order valence-corrected chi connectivity index (χ4v) is 10.7. The number of methoxy groups -OCH3 is 1. The Morgan fingerprint density at radius 1 is 0.649 bits per heavy atom. The van der Waals surface area contributed by atoms with E-state index >= 15 is 19.2 Å². The minimum atomic E-state index is -2.04. The minimum absolute atomic E-state index is 0.0768. The molecule has 1 spiro atoms. The maximum Gasteiger partial charge on any atom is 0.329 e. The summed E-state index contributed by atoms with van der Waals surface area (Å²) in [5.74, 6) is -5.00. The molecule has 284 valence electrons. The lowest BCUT2D eigenvalue weighted by Gasteiger charge is -2.50. The lowest BCUT2D eigenvalue weighted by molar-refractivity contribution is -0.253. The van der Waals surface area contributed by atoms with E-state index in [1.807, 2.05) is 114 Å². The Morgan fingerprint density at radius 2 is 1.21 bits per heavy atom. The Hall–Kier alpha value is -6.48. The molecule has 0 unspecified atom stereocenters. The number of fused-ring (bicyclic) bond motifs is 11. The van der Waals surface area contributed by atoms with Gasteiger partial charge in [-0.15, -0.1) is 0 Å². The fraction of sp³-hybridized carbons (Fsp3) is 0.250. The SMILES string of the molecule is COc1ccc([C@@H]2[C@H](C(=O)c3ccccc3)N3c4ccccc4[C@@H]4[C@@H]([C@H]3C23C(=O)OC(C)(C)OC3=O)[C@@H]2C=Cc3ccccc3N2[C@H]4C(=O)c2ccccc2)cc1. The van der Waals surface area contributed by atoms with Gasteiger partial charge < -0.3 is 24.0 Å². The number of esters is 2. The van der Waals surface area contributed by atoms with Crippen molar-refractivity contribution in [1.29, 1.82) is 0 Å². The van der Waals surface area contributed by atoms with Crippen LogP contribution in [0.5, 0.6) is 5.75 Å². The van der Waals surface area contributed by atoms with Crippen molar-refractivity contribution in [2.24, 2.45) is 11.3 Å². The quantitative estimate of drug-likeness (QED) is 0.0984. The standard InChI is InChI=1S/C48H40N2O7/c1-47(2)56-45(53)48(46(54)57-47)39(29-22-25-32(55-3)26-23-29)41(43(52)31-17-8-5-9-18-31)50-35-21-13-11-19-33(35)37-38(44(48)50)36-27-24-28-14-10-12-20-34(28)49(36)40(37)42(51)30-15-6-4-7-16-30/h4-27,36-41,44H,1-3H3/t36-,37+,38-,39+,40+,41+,44-/m0/s1. The molecule has 5 aromatic carbocycles. The highest BCUT2D eigenvalue weighted by atomic mass is 16.7. The predicted molar refractivity (Wildman–Crippen MR) is 214 cm³/mol. The van der Waals surface area contributed by atoms with Gasteiger partial charge in [-0.3, -0.25) is 19.2 Å². The van der Waals surface area contributed by atoms with E-state index in [0.717, 1.165) is 16.8 Å². The van der Waals surface area contributed by atoms with Crippen molar-refractivity contribution >= 4 is 41.0 Å². The maximum atomic E-state index is 15.4. The lowest BCUT2D eigenvalue weighted by atomic mass is 9.60. The van der Waals surface area contributed by atoms with Gasteiger partial charge in [-0.25, -0.2) is 0 Å². The monoisotopic (exact) mass is 756 g/mol. The number of carbonyl (C=O) groups is 4. The van der Waals surface area contributed by atoms with Crippen LogP contribution in [0.15, 0.2) is 140 Å². The van der Waals surface area contributed by atoms with Crippen molar-refractivity contribution in [3.63, 3.8) is 0 Å². The summed E-state index contributed by atoms with van der Waals surface area (Å²) in [5.41, 5.74) is 2.91. The molecule has 7 atom stereocenters. The Kier molecular flexibility index (Phi) is 7.84. The zero-order valence-corrected chi connectivity index (χ0v) is 31.7. The van der Waals surface area contributed by atoms with E-state index in [1.165, 1.54) is 0 Å². The van der Waals surface area contributed by atoms with Crippen LogP contribution in [0.3, 0.4) is 0 Å². The maximum absolute atomic E-state index is 15.4. The van der Waals surface area contributed by atoms with Crippen LogP contribution in [0.1, 0.15) is 63.1 Å². The van der Waals surface area contributed by atoms with Crippen LogP contribution < -0.4 is 14.5 Å². The molecule has 5 aliphatic rings. The van der Waals surface area contributed by atoms with Gasteiger partial charge in [-0.05, 0) is 41.0 Å².